The molecule has 0 aromatic heterocycles. The van der Waals surface area contributed by atoms with Crippen LogP contribution >= 0.6 is 24.0 Å². The number of carbonyl (C=O) groups is 3. The zero-order chi connectivity index (χ0) is 11.4. The van der Waals surface area contributed by atoms with Crippen molar-refractivity contribution in [2.75, 3.05) is 12.4 Å². The molecule has 0 aromatic carbocycles. The molecule has 1 rings (SSSR count). The van der Waals surface area contributed by atoms with Crippen molar-refractivity contribution in [2.24, 2.45) is 0 Å². The number of carboxylic acid groups (broad SMARTS) is 1. The number of thioether (sulfide) groups is 1. The molecule has 0 spiro atoms. The summed E-state index contributed by atoms with van der Waals surface area (Å²) < 4.78 is 0.399. The summed E-state index contributed by atoms with van der Waals surface area (Å²) in [6, 6.07) is 0. The van der Waals surface area contributed by atoms with Gasteiger partial charge < -0.3 is 10.4 Å². The van der Waals surface area contributed by atoms with Crippen LogP contribution in [0.3, 0.4) is 0 Å². The Labute approximate surface area is 95.0 Å². The first kappa shape index (κ1) is 11.9. The van der Waals surface area contributed by atoms with Crippen LogP contribution in [0.25, 0.3) is 0 Å². The fraction of sp³-hybridized carbons (Fsp3) is 0.429. The van der Waals surface area contributed by atoms with Gasteiger partial charge in [0.25, 0.3) is 0 Å². The number of nitrogens with zero attached hydrogens (tertiary/aromatic N) is 1. The maximum atomic E-state index is 11.2. The SMILES string of the molecule is O=C(O)CC(=O)NCN1C(=O)CSC1=S. The van der Waals surface area contributed by atoms with Crippen molar-refractivity contribution in [3.8, 4) is 0 Å². The summed E-state index contributed by atoms with van der Waals surface area (Å²) in [5.41, 5.74) is 0. The van der Waals surface area contributed by atoms with Crippen molar-refractivity contribution in [3.63, 3.8) is 0 Å². The molecule has 0 aliphatic carbocycles. The van der Waals surface area contributed by atoms with Crippen molar-refractivity contribution in [3.05, 3.63) is 0 Å². The van der Waals surface area contributed by atoms with E-state index in [-0.39, 0.29) is 18.3 Å². The lowest BCUT2D eigenvalue weighted by atomic mass is 10.4. The van der Waals surface area contributed by atoms with E-state index in [1.165, 1.54) is 16.7 Å². The molecule has 0 saturated carbocycles. The van der Waals surface area contributed by atoms with Gasteiger partial charge in [0.2, 0.25) is 11.8 Å². The zero-order valence-corrected chi connectivity index (χ0v) is 9.19. The van der Waals surface area contributed by atoms with Gasteiger partial charge in [-0.2, -0.15) is 0 Å². The summed E-state index contributed by atoms with van der Waals surface area (Å²) >= 11 is 6.08. The highest BCUT2D eigenvalue weighted by Gasteiger charge is 2.26. The van der Waals surface area contributed by atoms with Crippen LogP contribution in [0, 0.1) is 0 Å². The number of amides is 2. The van der Waals surface area contributed by atoms with Gasteiger partial charge in [-0.05, 0) is 0 Å². The summed E-state index contributed by atoms with van der Waals surface area (Å²) in [7, 11) is 0. The third-order valence-corrected chi connectivity index (χ3v) is 3.02. The first-order chi connectivity index (χ1) is 7.00. The van der Waals surface area contributed by atoms with E-state index in [0.29, 0.717) is 4.32 Å². The van der Waals surface area contributed by atoms with Crippen LogP contribution in [0.2, 0.25) is 0 Å². The largest absolute Gasteiger partial charge is 0.481 e. The standard InChI is InChI=1S/C7H8N2O4S2/c10-4(1-6(12)13)8-3-9-5(11)2-15-7(9)14/h1-3H2,(H,8,10)(H,12,13). The van der Waals surface area contributed by atoms with Gasteiger partial charge >= 0.3 is 5.97 Å². The van der Waals surface area contributed by atoms with Gasteiger partial charge in [0.1, 0.15) is 10.7 Å². The van der Waals surface area contributed by atoms with E-state index in [4.69, 9.17) is 17.3 Å². The minimum Gasteiger partial charge on any atom is -0.481 e. The lowest BCUT2D eigenvalue weighted by Crippen LogP contribution is -2.40. The summed E-state index contributed by atoms with van der Waals surface area (Å²) in [4.78, 5) is 33.5. The number of carboxylic acids is 1. The van der Waals surface area contributed by atoms with E-state index >= 15 is 0 Å². The molecule has 1 fully saturated rings. The molecule has 1 heterocycles. The molecule has 0 atom stereocenters. The minimum atomic E-state index is -1.21. The second kappa shape index (κ2) is 5.08. The van der Waals surface area contributed by atoms with Crippen molar-refractivity contribution in [1.82, 2.24) is 10.2 Å². The Kier molecular flexibility index (Phi) is 4.04. The summed E-state index contributed by atoms with van der Waals surface area (Å²) in [6.45, 7) is -0.0588. The molecule has 2 N–H and O–H groups in total. The summed E-state index contributed by atoms with van der Waals surface area (Å²) in [5, 5.41) is 10.6. The number of hydrogen-bond acceptors (Lipinski definition) is 5. The Bertz CT molecular complexity index is 315. The number of carbonyl (C=O) groups excluding carboxylic acids is 2. The maximum Gasteiger partial charge on any atom is 0.312 e. The van der Waals surface area contributed by atoms with E-state index in [0.717, 1.165) is 0 Å². The number of thiocarbonyl (C=S) groups is 1. The van der Waals surface area contributed by atoms with Gasteiger partial charge in [0.05, 0.1) is 12.4 Å². The third-order valence-electron chi connectivity index (χ3n) is 1.59. The molecular weight excluding hydrogens is 240 g/mol. The van der Waals surface area contributed by atoms with Crippen molar-refractivity contribution in [2.45, 2.75) is 6.42 Å². The van der Waals surface area contributed by atoms with Crippen LogP contribution < -0.4 is 5.32 Å². The summed E-state index contributed by atoms with van der Waals surface area (Å²) in [6.07, 6.45) is -0.609. The highest BCUT2D eigenvalue weighted by atomic mass is 32.2. The van der Waals surface area contributed by atoms with Crippen LogP contribution in [0.1, 0.15) is 6.42 Å². The molecule has 82 valence electrons. The van der Waals surface area contributed by atoms with Gasteiger partial charge in [0, 0.05) is 0 Å². The highest BCUT2D eigenvalue weighted by Crippen LogP contribution is 2.17. The molecule has 8 heteroatoms. The fourth-order valence-corrected chi connectivity index (χ4v) is 1.97. The van der Waals surface area contributed by atoms with Gasteiger partial charge in [-0.25, -0.2) is 0 Å². The lowest BCUT2D eigenvalue weighted by molar-refractivity contribution is -0.140. The predicted molar refractivity (Wildman–Crippen MR) is 57.2 cm³/mol. The van der Waals surface area contributed by atoms with E-state index in [1.54, 1.807) is 0 Å². The van der Waals surface area contributed by atoms with Crippen LogP contribution in [0.5, 0.6) is 0 Å². The third kappa shape index (κ3) is 3.48. The molecule has 0 bridgehead atoms. The van der Waals surface area contributed by atoms with E-state index in [1.807, 2.05) is 0 Å². The molecule has 1 saturated heterocycles. The molecule has 0 unspecified atom stereocenters. The average Bonchev–Trinajstić information content (AvgIpc) is 2.42. The molecule has 0 aromatic rings. The second-order valence-corrected chi connectivity index (χ2v) is 4.31. The molecule has 15 heavy (non-hydrogen) atoms. The Morgan fingerprint density at radius 2 is 2.27 bits per heavy atom. The van der Waals surface area contributed by atoms with Crippen LogP contribution in [-0.4, -0.2) is 44.5 Å². The maximum absolute atomic E-state index is 11.2. The molecule has 1 aliphatic heterocycles. The normalized spacial score (nSPS) is 15.6. The first-order valence-electron chi connectivity index (χ1n) is 3.96. The number of hydrogen-bond donors (Lipinski definition) is 2. The molecular formula is C7H8N2O4S2. The van der Waals surface area contributed by atoms with Crippen LogP contribution in [0.4, 0.5) is 0 Å². The van der Waals surface area contributed by atoms with Crippen LogP contribution in [-0.2, 0) is 14.4 Å². The molecule has 6 nitrogen and oxygen atoms in total. The van der Waals surface area contributed by atoms with Gasteiger partial charge in [0.15, 0.2) is 0 Å². The summed E-state index contributed by atoms with van der Waals surface area (Å²) in [5.74, 6) is -1.76. The topological polar surface area (TPSA) is 86.7 Å². The Hall–Kier alpha value is -1.15. The number of aliphatic carboxylic acids is 1. The van der Waals surface area contributed by atoms with Gasteiger partial charge in [-0.1, -0.05) is 24.0 Å². The van der Waals surface area contributed by atoms with Crippen molar-refractivity contribution >= 4 is 46.1 Å². The van der Waals surface area contributed by atoms with E-state index in [9.17, 15) is 14.4 Å². The second-order valence-electron chi connectivity index (χ2n) is 2.70. The number of nitrogens with one attached hydrogen (secondary N) is 1. The van der Waals surface area contributed by atoms with Gasteiger partial charge in [-0.3, -0.25) is 19.3 Å². The predicted octanol–water partition coefficient (Wildman–Crippen LogP) is -0.605. The zero-order valence-electron chi connectivity index (χ0n) is 7.56. The molecule has 2 amide bonds. The molecule has 1 aliphatic rings. The monoisotopic (exact) mass is 248 g/mol. The average molecular weight is 248 g/mol. The highest BCUT2D eigenvalue weighted by molar-refractivity contribution is 8.23. The first-order valence-corrected chi connectivity index (χ1v) is 5.35. The van der Waals surface area contributed by atoms with Crippen molar-refractivity contribution in [1.29, 1.82) is 0 Å². The Morgan fingerprint density at radius 1 is 1.60 bits per heavy atom. The van der Waals surface area contributed by atoms with E-state index < -0.39 is 18.3 Å². The molecule has 0 radical (unpaired) electrons. The minimum absolute atomic E-state index is 0.0588. The Morgan fingerprint density at radius 3 is 2.73 bits per heavy atom. The lowest BCUT2D eigenvalue weighted by Gasteiger charge is -2.14. The van der Waals surface area contributed by atoms with Gasteiger partial charge in [-0.15, -0.1) is 0 Å². The quantitative estimate of drug-likeness (QED) is 0.510. The Balaban J connectivity index is 2.36. The smallest absolute Gasteiger partial charge is 0.312 e. The van der Waals surface area contributed by atoms with Crippen molar-refractivity contribution < 1.29 is 19.5 Å². The van der Waals surface area contributed by atoms with E-state index in [2.05, 4.69) is 5.32 Å². The van der Waals surface area contributed by atoms with Crippen LogP contribution in [0.15, 0.2) is 0 Å². The fourth-order valence-electron chi connectivity index (χ4n) is 0.901. The number of rotatable bonds is 4.